The minimum Gasteiger partial charge on any atom is -0.481 e. The number of hydrogen-bond donors (Lipinski definition) is 2. The maximum absolute atomic E-state index is 12.3. The molecule has 2 saturated carbocycles. The molecule has 2 atom stereocenters. The largest absolute Gasteiger partial charge is 0.481 e. The molecule has 0 aromatic heterocycles. The summed E-state index contributed by atoms with van der Waals surface area (Å²) in [4.78, 5) is 23.3. The topological polar surface area (TPSA) is 66.4 Å². The molecule has 0 radical (unpaired) electrons. The molecule has 0 spiro atoms. The zero-order valence-corrected chi connectivity index (χ0v) is 12.7. The van der Waals surface area contributed by atoms with Gasteiger partial charge >= 0.3 is 5.97 Å². The Balaban J connectivity index is 1.81. The molecule has 0 heterocycles. The zero-order chi connectivity index (χ0) is 14.8. The first-order valence-corrected chi connectivity index (χ1v) is 7.90. The van der Waals surface area contributed by atoms with E-state index in [2.05, 4.69) is 19.2 Å². The van der Waals surface area contributed by atoms with Crippen molar-refractivity contribution in [3.63, 3.8) is 0 Å². The van der Waals surface area contributed by atoms with Gasteiger partial charge in [0.05, 0.1) is 5.92 Å². The fourth-order valence-electron chi connectivity index (χ4n) is 3.51. The highest BCUT2D eigenvalue weighted by atomic mass is 16.4. The lowest BCUT2D eigenvalue weighted by atomic mass is 9.75. The standard InChI is InChI=1S/C16H27NO3/c1-16(2)8-6-13(7-9-16)17-14(18)11-4-3-5-12(10-11)15(19)20/h11-13H,3-10H2,1-2H3,(H,17,18)(H,19,20). The van der Waals surface area contributed by atoms with E-state index in [0.29, 0.717) is 17.9 Å². The van der Waals surface area contributed by atoms with Gasteiger partial charge in [-0.05, 0) is 50.4 Å². The molecule has 0 aromatic rings. The predicted molar refractivity (Wildman–Crippen MR) is 77.3 cm³/mol. The number of hydrogen-bond acceptors (Lipinski definition) is 2. The summed E-state index contributed by atoms with van der Waals surface area (Å²) in [5.41, 5.74) is 0.403. The van der Waals surface area contributed by atoms with E-state index in [-0.39, 0.29) is 17.7 Å². The summed E-state index contributed by atoms with van der Waals surface area (Å²) in [6.45, 7) is 4.56. The fraction of sp³-hybridized carbons (Fsp3) is 0.875. The summed E-state index contributed by atoms with van der Waals surface area (Å²) >= 11 is 0. The molecular weight excluding hydrogens is 254 g/mol. The van der Waals surface area contributed by atoms with Gasteiger partial charge in [-0.2, -0.15) is 0 Å². The molecule has 114 valence electrons. The van der Waals surface area contributed by atoms with Crippen LogP contribution in [0.1, 0.15) is 65.2 Å². The van der Waals surface area contributed by atoms with Crippen molar-refractivity contribution < 1.29 is 14.7 Å². The Hall–Kier alpha value is -1.06. The molecule has 0 saturated heterocycles. The minimum atomic E-state index is -0.748. The van der Waals surface area contributed by atoms with E-state index < -0.39 is 5.97 Å². The van der Waals surface area contributed by atoms with Crippen molar-refractivity contribution >= 4 is 11.9 Å². The first-order valence-electron chi connectivity index (χ1n) is 7.90. The van der Waals surface area contributed by atoms with Crippen molar-refractivity contribution in [3.05, 3.63) is 0 Å². The Morgan fingerprint density at radius 2 is 1.65 bits per heavy atom. The number of aliphatic carboxylic acids is 1. The highest BCUT2D eigenvalue weighted by molar-refractivity contribution is 5.80. The zero-order valence-electron chi connectivity index (χ0n) is 12.7. The van der Waals surface area contributed by atoms with Crippen LogP contribution in [-0.4, -0.2) is 23.0 Å². The van der Waals surface area contributed by atoms with Crippen molar-refractivity contribution in [1.29, 1.82) is 0 Å². The summed E-state index contributed by atoms with van der Waals surface area (Å²) in [7, 11) is 0. The van der Waals surface area contributed by atoms with Gasteiger partial charge in [-0.15, -0.1) is 0 Å². The SMILES string of the molecule is CC1(C)CCC(NC(=O)C2CCCC(C(=O)O)C2)CC1. The van der Waals surface area contributed by atoms with Crippen LogP contribution in [-0.2, 0) is 9.59 Å². The van der Waals surface area contributed by atoms with Gasteiger partial charge in [-0.25, -0.2) is 0 Å². The third-order valence-corrected chi connectivity index (χ3v) is 5.08. The second-order valence-corrected chi connectivity index (χ2v) is 7.35. The van der Waals surface area contributed by atoms with E-state index in [4.69, 9.17) is 5.11 Å². The van der Waals surface area contributed by atoms with Crippen LogP contribution in [0, 0.1) is 17.3 Å². The molecule has 0 bridgehead atoms. The van der Waals surface area contributed by atoms with Crippen molar-refractivity contribution in [3.8, 4) is 0 Å². The van der Waals surface area contributed by atoms with Crippen molar-refractivity contribution in [2.75, 3.05) is 0 Å². The van der Waals surface area contributed by atoms with Gasteiger partial charge in [-0.1, -0.05) is 20.3 Å². The van der Waals surface area contributed by atoms with Crippen LogP contribution in [0.25, 0.3) is 0 Å². The number of nitrogens with one attached hydrogen (secondary N) is 1. The summed E-state index contributed by atoms with van der Waals surface area (Å²) in [5, 5.41) is 12.2. The van der Waals surface area contributed by atoms with Crippen LogP contribution in [0.4, 0.5) is 0 Å². The van der Waals surface area contributed by atoms with Crippen LogP contribution in [0.3, 0.4) is 0 Å². The monoisotopic (exact) mass is 281 g/mol. The number of amides is 1. The summed E-state index contributed by atoms with van der Waals surface area (Å²) < 4.78 is 0. The average molecular weight is 281 g/mol. The van der Waals surface area contributed by atoms with Crippen LogP contribution < -0.4 is 5.32 Å². The lowest BCUT2D eigenvalue weighted by Crippen LogP contribution is -2.43. The van der Waals surface area contributed by atoms with Gasteiger partial charge in [0.1, 0.15) is 0 Å². The molecule has 2 N–H and O–H groups in total. The van der Waals surface area contributed by atoms with Crippen LogP contribution >= 0.6 is 0 Å². The lowest BCUT2D eigenvalue weighted by molar-refractivity contribution is -0.144. The molecule has 2 fully saturated rings. The Morgan fingerprint density at radius 3 is 2.25 bits per heavy atom. The van der Waals surface area contributed by atoms with E-state index in [9.17, 15) is 9.59 Å². The maximum Gasteiger partial charge on any atom is 0.306 e. The predicted octanol–water partition coefficient (Wildman–Crippen LogP) is 2.96. The van der Waals surface area contributed by atoms with Gasteiger partial charge in [0.15, 0.2) is 0 Å². The quantitative estimate of drug-likeness (QED) is 0.835. The minimum absolute atomic E-state index is 0.0839. The molecule has 20 heavy (non-hydrogen) atoms. The Morgan fingerprint density at radius 1 is 1.05 bits per heavy atom. The van der Waals surface area contributed by atoms with Gasteiger partial charge < -0.3 is 10.4 Å². The van der Waals surface area contributed by atoms with Crippen LogP contribution in [0.15, 0.2) is 0 Å². The second-order valence-electron chi connectivity index (χ2n) is 7.35. The average Bonchev–Trinajstić information content (AvgIpc) is 2.41. The molecule has 4 nitrogen and oxygen atoms in total. The second kappa shape index (κ2) is 6.15. The molecule has 1 amide bonds. The summed E-state index contributed by atoms with van der Waals surface area (Å²) in [5.74, 6) is -1.09. The first-order chi connectivity index (χ1) is 9.37. The molecule has 0 aromatic carbocycles. The number of carboxylic acid groups (broad SMARTS) is 1. The van der Waals surface area contributed by atoms with Crippen molar-refractivity contribution in [2.45, 2.75) is 71.3 Å². The van der Waals surface area contributed by atoms with Crippen LogP contribution in [0.2, 0.25) is 0 Å². The number of carboxylic acids is 1. The molecule has 0 aliphatic heterocycles. The fourth-order valence-corrected chi connectivity index (χ4v) is 3.51. The summed E-state index contributed by atoms with van der Waals surface area (Å²) in [6, 6.07) is 0.292. The molecule has 2 aliphatic rings. The van der Waals surface area contributed by atoms with Gasteiger partial charge in [0, 0.05) is 12.0 Å². The number of carbonyl (C=O) groups is 2. The molecule has 2 aliphatic carbocycles. The van der Waals surface area contributed by atoms with Crippen molar-refractivity contribution in [2.24, 2.45) is 17.3 Å². The normalized spacial score (nSPS) is 30.7. The van der Waals surface area contributed by atoms with Gasteiger partial charge in [0.2, 0.25) is 5.91 Å². The third-order valence-electron chi connectivity index (χ3n) is 5.08. The maximum atomic E-state index is 12.3. The number of carbonyl (C=O) groups excluding carboxylic acids is 1. The van der Waals surface area contributed by atoms with Gasteiger partial charge in [0.25, 0.3) is 0 Å². The lowest BCUT2D eigenvalue weighted by Gasteiger charge is -2.35. The smallest absolute Gasteiger partial charge is 0.306 e. The highest BCUT2D eigenvalue weighted by Gasteiger charge is 2.33. The Kier molecular flexibility index (Phi) is 4.71. The van der Waals surface area contributed by atoms with E-state index in [1.54, 1.807) is 0 Å². The van der Waals surface area contributed by atoms with E-state index >= 15 is 0 Å². The molecule has 2 unspecified atom stereocenters. The third kappa shape index (κ3) is 3.97. The Labute approximate surface area is 121 Å². The van der Waals surface area contributed by atoms with Gasteiger partial charge in [-0.3, -0.25) is 9.59 Å². The molecule has 2 rings (SSSR count). The van der Waals surface area contributed by atoms with Crippen LogP contribution in [0.5, 0.6) is 0 Å². The number of rotatable bonds is 3. The van der Waals surface area contributed by atoms with Crippen molar-refractivity contribution in [1.82, 2.24) is 5.32 Å². The molecule has 4 heteroatoms. The molecular formula is C16H27NO3. The van der Waals surface area contributed by atoms with E-state index in [1.165, 1.54) is 0 Å². The van der Waals surface area contributed by atoms with E-state index in [0.717, 1.165) is 44.9 Å². The Bertz CT molecular complexity index is 368. The summed E-state index contributed by atoms with van der Waals surface area (Å²) in [6.07, 6.45) is 7.33. The highest BCUT2D eigenvalue weighted by Crippen LogP contribution is 2.35. The first kappa shape index (κ1) is 15.3. The van der Waals surface area contributed by atoms with E-state index in [1.807, 2.05) is 0 Å².